The van der Waals surface area contributed by atoms with Crippen LogP contribution < -0.4 is 5.32 Å². The lowest BCUT2D eigenvalue weighted by Crippen LogP contribution is -2.45. The minimum absolute atomic E-state index is 0.642. The van der Waals surface area contributed by atoms with Gasteiger partial charge in [0.05, 0.1) is 12.0 Å². The SMILES string of the molecule is CCN1CCCC(NCc2cncn2C)C1. The molecule has 16 heavy (non-hydrogen) atoms. The van der Waals surface area contributed by atoms with Crippen molar-refractivity contribution in [3.05, 3.63) is 18.2 Å². The van der Waals surface area contributed by atoms with Gasteiger partial charge in [-0.25, -0.2) is 4.98 Å². The highest BCUT2D eigenvalue weighted by Gasteiger charge is 2.18. The van der Waals surface area contributed by atoms with Gasteiger partial charge in [-0.2, -0.15) is 0 Å². The van der Waals surface area contributed by atoms with Crippen molar-refractivity contribution in [3.8, 4) is 0 Å². The number of piperidine rings is 1. The van der Waals surface area contributed by atoms with Gasteiger partial charge in [0.15, 0.2) is 0 Å². The summed E-state index contributed by atoms with van der Waals surface area (Å²) in [6, 6.07) is 0.642. The zero-order chi connectivity index (χ0) is 11.4. The summed E-state index contributed by atoms with van der Waals surface area (Å²) in [5.41, 5.74) is 1.26. The summed E-state index contributed by atoms with van der Waals surface area (Å²) in [4.78, 5) is 6.65. The zero-order valence-corrected chi connectivity index (χ0v) is 10.3. The molecule has 0 radical (unpaired) electrons. The fourth-order valence-electron chi connectivity index (χ4n) is 2.31. The Hall–Kier alpha value is -0.870. The first-order valence-electron chi connectivity index (χ1n) is 6.20. The molecule has 4 heteroatoms. The van der Waals surface area contributed by atoms with Crippen LogP contribution in [-0.4, -0.2) is 40.1 Å². The average molecular weight is 222 g/mol. The zero-order valence-electron chi connectivity index (χ0n) is 10.3. The van der Waals surface area contributed by atoms with E-state index in [1.54, 1.807) is 0 Å². The molecule has 1 fully saturated rings. The van der Waals surface area contributed by atoms with Crippen LogP contribution in [0.4, 0.5) is 0 Å². The van der Waals surface area contributed by atoms with Crippen LogP contribution in [-0.2, 0) is 13.6 Å². The molecule has 1 aliphatic rings. The first-order chi connectivity index (χ1) is 7.79. The lowest BCUT2D eigenvalue weighted by Gasteiger charge is -2.32. The number of nitrogens with one attached hydrogen (secondary N) is 1. The molecular weight excluding hydrogens is 200 g/mol. The maximum atomic E-state index is 4.13. The van der Waals surface area contributed by atoms with Crippen molar-refractivity contribution in [1.29, 1.82) is 0 Å². The molecule has 0 saturated carbocycles. The molecule has 1 unspecified atom stereocenters. The summed E-state index contributed by atoms with van der Waals surface area (Å²) >= 11 is 0. The van der Waals surface area contributed by atoms with E-state index in [1.165, 1.54) is 38.2 Å². The van der Waals surface area contributed by atoms with Gasteiger partial charge in [-0.3, -0.25) is 0 Å². The Bertz CT molecular complexity index is 321. The van der Waals surface area contributed by atoms with E-state index in [4.69, 9.17) is 0 Å². The molecule has 0 spiro atoms. The third kappa shape index (κ3) is 2.83. The molecular formula is C12H22N4. The lowest BCUT2D eigenvalue weighted by atomic mass is 10.1. The molecule has 1 atom stereocenters. The highest BCUT2D eigenvalue weighted by molar-refractivity contribution is 4.97. The van der Waals surface area contributed by atoms with E-state index < -0.39 is 0 Å². The fourth-order valence-corrected chi connectivity index (χ4v) is 2.31. The van der Waals surface area contributed by atoms with Crippen LogP contribution >= 0.6 is 0 Å². The number of hydrogen-bond acceptors (Lipinski definition) is 3. The molecule has 90 valence electrons. The number of likely N-dealkylation sites (N-methyl/N-ethyl adjacent to an activating group) is 1. The molecule has 1 aromatic rings. The highest BCUT2D eigenvalue weighted by atomic mass is 15.2. The summed E-state index contributed by atoms with van der Waals surface area (Å²) in [7, 11) is 2.04. The van der Waals surface area contributed by atoms with Crippen molar-refractivity contribution in [3.63, 3.8) is 0 Å². The molecule has 0 bridgehead atoms. The van der Waals surface area contributed by atoms with Crippen LogP contribution in [0.25, 0.3) is 0 Å². The van der Waals surface area contributed by atoms with Gasteiger partial charge in [-0.05, 0) is 25.9 Å². The summed E-state index contributed by atoms with van der Waals surface area (Å²) in [5, 5.41) is 3.63. The second-order valence-electron chi connectivity index (χ2n) is 4.61. The first-order valence-corrected chi connectivity index (χ1v) is 6.20. The topological polar surface area (TPSA) is 33.1 Å². The number of aryl methyl sites for hydroxylation is 1. The maximum Gasteiger partial charge on any atom is 0.0945 e. The molecule has 1 N–H and O–H groups in total. The van der Waals surface area contributed by atoms with Gasteiger partial charge in [0, 0.05) is 32.4 Å². The van der Waals surface area contributed by atoms with Crippen LogP contribution in [0.2, 0.25) is 0 Å². The van der Waals surface area contributed by atoms with Gasteiger partial charge in [0.25, 0.3) is 0 Å². The van der Waals surface area contributed by atoms with Gasteiger partial charge in [-0.15, -0.1) is 0 Å². The van der Waals surface area contributed by atoms with Crippen LogP contribution in [0.15, 0.2) is 12.5 Å². The molecule has 1 aromatic heterocycles. The van der Waals surface area contributed by atoms with E-state index in [0.29, 0.717) is 6.04 Å². The maximum absolute atomic E-state index is 4.13. The Morgan fingerprint density at radius 3 is 3.12 bits per heavy atom. The van der Waals surface area contributed by atoms with Gasteiger partial charge in [-0.1, -0.05) is 6.92 Å². The average Bonchev–Trinajstić information content (AvgIpc) is 2.72. The molecule has 0 amide bonds. The third-order valence-corrected chi connectivity index (χ3v) is 3.44. The predicted molar refractivity (Wildman–Crippen MR) is 65.2 cm³/mol. The van der Waals surface area contributed by atoms with Crippen molar-refractivity contribution in [2.75, 3.05) is 19.6 Å². The summed E-state index contributed by atoms with van der Waals surface area (Å²) in [6.45, 7) is 6.79. The van der Waals surface area contributed by atoms with Crippen LogP contribution in [0.5, 0.6) is 0 Å². The Balaban J connectivity index is 1.79. The molecule has 2 rings (SSSR count). The molecule has 1 saturated heterocycles. The van der Waals surface area contributed by atoms with E-state index in [9.17, 15) is 0 Å². The van der Waals surface area contributed by atoms with Crippen molar-refractivity contribution in [2.45, 2.75) is 32.4 Å². The monoisotopic (exact) mass is 222 g/mol. The van der Waals surface area contributed by atoms with Gasteiger partial charge in [0.1, 0.15) is 0 Å². The van der Waals surface area contributed by atoms with Crippen LogP contribution in [0, 0.1) is 0 Å². The summed E-state index contributed by atoms with van der Waals surface area (Å²) in [6.07, 6.45) is 6.41. The van der Waals surface area contributed by atoms with E-state index >= 15 is 0 Å². The van der Waals surface area contributed by atoms with E-state index in [2.05, 4.69) is 26.7 Å². The quantitative estimate of drug-likeness (QED) is 0.825. The molecule has 1 aliphatic heterocycles. The smallest absolute Gasteiger partial charge is 0.0945 e. The van der Waals surface area contributed by atoms with Gasteiger partial charge < -0.3 is 14.8 Å². The van der Waals surface area contributed by atoms with E-state index in [-0.39, 0.29) is 0 Å². The summed E-state index contributed by atoms with van der Waals surface area (Å²) < 4.78 is 2.08. The highest BCUT2D eigenvalue weighted by Crippen LogP contribution is 2.10. The molecule has 0 aromatic carbocycles. The summed E-state index contributed by atoms with van der Waals surface area (Å²) in [5.74, 6) is 0. The Labute approximate surface area is 97.7 Å². The predicted octanol–water partition coefficient (Wildman–Crippen LogP) is 0.994. The second kappa shape index (κ2) is 5.46. The molecule has 2 heterocycles. The van der Waals surface area contributed by atoms with Gasteiger partial charge >= 0.3 is 0 Å². The van der Waals surface area contributed by atoms with Crippen molar-refractivity contribution in [1.82, 2.24) is 19.8 Å². The van der Waals surface area contributed by atoms with Crippen molar-refractivity contribution < 1.29 is 0 Å². The van der Waals surface area contributed by atoms with E-state index in [0.717, 1.165) is 6.54 Å². The number of likely N-dealkylation sites (tertiary alicyclic amines) is 1. The Kier molecular flexibility index (Phi) is 3.96. The number of rotatable bonds is 4. The van der Waals surface area contributed by atoms with Crippen molar-refractivity contribution >= 4 is 0 Å². The van der Waals surface area contributed by atoms with E-state index in [1.807, 2.05) is 19.6 Å². The van der Waals surface area contributed by atoms with Gasteiger partial charge in [0.2, 0.25) is 0 Å². The number of imidazole rings is 1. The fraction of sp³-hybridized carbons (Fsp3) is 0.750. The normalized spacial score (nSPS) is 22.5. The number of aromatic nitrogens is 2. The standard InChI is InChI=1S/C12H22N4/c1-3-16-6-4-5-11(9-16)14-8-12-7-13-10-15(12)2/h7,10-11,14H,3-6,8-9H2,1-2H3. The molecule has 0 aliphatic carbocycles. The van der Waals surface area contributed by atoms with Crippen molar-refractivity contribution in [2.24, 2.45) is 7.05 Å². The minimum atomic E-state index is 0.642. The Morgan fingerprint density at radius 2 is 2.44 bits per heavy atom. The Morgan fingerprint density at radius 1 is 1.56 bits per heavy atom. The minimum Gasteiger partial charge on any atom is -0.337 e. The third-order valence-electron chi connectivity index (χ3n) is 3.44. The van der Waals surface area contributed by atoms with Crippen LogP contribution in [0.1, 0.15) is 25.5 Å². The first kappa shape index (κ1) is 11.6. The largest absolute Gasteiger partial charge is 0.337 e. The number of hydrogen-bond donors (Lipinski definition) is 1. The second-order valence-corrected chi connectivity index (χ2v) is 4.61. The molecule has 4 nitrogen and oxygen atoms in total. The van der Waals surface area contributed by atoms with Crippen LogP contribution in [0.3, 0.4) is 0 Å². The number of nitrogens with zero attached hydrogens (tertiary/aromatic N) is 3. The lowest BCUT2D eigenvalue weighted by molar-refractivity contribution is 0.198.